The summed E-state index contributed by atoms with van der Waals surface area (Å²) in [6.07, 6.45) is 2.97. The minimum atomic E-state index is -0.890. The average Bonchev–Trinajstić information content (AvgIpc) is 3.03. The van der Waals surface area contributed by atoms with E-state index in [4.69, 9.17) is 23.2 Å². The molecule has 1 N–H and O–H groups in total. The van der Waals surface area contributed by atoms with Gasteiger partial charge in [-0.25, -0.2) is 4.98 Å². The monoisotopic (exact) mass is 387 g/mol. The second kappa shape index (κ2) is 7.66. The number of nitrogens with zero attached hydrogens (tertiary/aromatic N) is 2. The van der Waals surface area contributed by atoms with E-state index in [0.29, 0.717) is 15.6 Å². The summed E-state index contributed by atoms with van der Waals surface area (Å²) in [7, 11) is 0. The molecule has 3 rings (SSSR count). The Kier molecular flexibility index (Phi) is 5.34. The Morgan fingerprint density at radius 3 is 2.80 bits per heavy atom. The Bertz CT molecular complexity index is 974. The summed E-state index contributed by atoms with van der Waals surface area (Å²) in [4.78, 5) is 16.5. The number of hydrogen-bond acceptors (Lipinski definition) is 4. The van der Waals surface area contributed by atoms with E-state index in [1.54, 1.807) is 24.3 Å². The third-order valence-electron chi connectivity index (χ3n) is 3.40. The standard InChI is InChI=1S/C18H11Cl2N3OS/c19-12-5-3-4-11(18(12)20)14(10-21)22-16(24)8-9-17-23-13-6-1-2-7-15(13)25-17/h1-9,14H,(H,22,24). The summed E-state index contributed by atoms with van der Waals surface area (Å²) < 4.78 is 1.04. The van der Waals surface area contributed by atoms with Gasteiger partial charge in [0, 0.05) is 11.6 Å². The highest BCUT2D eigenvalue weighted by Gasteiger charge is 2.17. The molecular weight excluding hydrogens is 377 g/mol. The van der Waals surface area contributed by atoms with Crippen LogP contribution in [-0.4, -0.2) is 10.9 Å². The summed E-state index contributed by atoms with van der Waals surface area (Å²) in [5.74, 6) is -0.415. The van der Waals surface area contributed by atoms with Gasteiger partial charge in [0.25, 0.3) is 0 Å². The first kappa shape index (κ1) is 17.4. The van der Waals surface area contributed by atoms with Crippen LogP contribution in [0.15, 0.2) is 48.5 Å². The number of nitriles is 1. The third-order valence-corrected chi connectivity index (χ3v) is 5.23. The predicted molar refractivity (Wildman–Crippen MR) is 102 cm³/mol. The van der Waals surface area contributed by atoms with Crippen LogP contribution in [0.3, 0.4) is 0 Å². The Balaban J connectivity index is 1.74. The lowest BCUT2D eigenvalue weighted by molar-refractivity contribution is -0.116. The van der Waals surface area contributed by atoms with Gasteiger partial charge in [0.2, 0.25) is 5.91 Å². The number of benzene rings is 2. The molecule has 1 heterocycles. The van der Waals surface area contributed by atoms with Gasteiger partial charge in [-0.1, -0.05) is 47.5 Å². The maximum Gasteiger partial charge on any atom is 0.245 e. The second-order valence-electron chi connectivity index (χ2n) is 5.07. The first-order valence-electron chi connectivity index (χ1n) is 7.26. The fourth-order valence-corrected chi connectivity index (χ4v) is 3.51. The van der Waals surface area contributed by atoms with Crippen molar-refractivity contribution in [1.82, 2.24) is 10.3 Å². The Labute approximate surface area is 158 Å². The van der Waals surface area contributed by atoms with Crippen LogP contribution in [0, 0.1) is 11.3 Å². The van der Waals surface area contributed by atoms with Crippen LogP contribution in [0.4, 0.5) is 0 Å². The molecule has 0 radical (unpaired) electrons. The van der Waals surface area contributed by atoms with Gasteiger partial charge in [-0.2, -0.15) is 5.26 Å². The third kappa shape index (κ3) is 3.99. The van der Waals surface area contributed by atoms with Crippen molar-refractivity contribution in [3.8, 4) is 6.07 Å². The number of hydrogen-bond donors (Lipinski definition) is 1. The maximum atomic E-state index is 12.1. The zero-order valence-corrected chi connectivity index (χ0v) is 15.1. The van der Waals surface area contributed by atoms with Gasteiger partial charge in [0.15, 0.2) is 0 Å². The zero-order valence-electron chi connectivity index (χ0n) is 12.7. The van der Waals surface area contributed by atoms with E-state index < -0.39 is 11.9 Å². The van der Waals surface area contributed by atoms with E-state index in [1.807, 2.05) is 30.3 Å². The van der Waals surface area contributed by atoms with Crippen molar-refractivity contribution in [2.24, 2.45) is 0 Å². The van der Waals surface area contributed by atoms with E-state index in [2.05, 4.69) is 10.3 Å². The molecule has 124 valence electrons. The number of rotatable bonds is 4. The molecule has 0 saturated carbocycles. The van der Waals surface area contributed by atoms with Crippen LogP contribution < -0.4 is 5.32 Å². The van der Waals surface area contributed by atoms with Crippen LogP contribution in [0.25, 0.3) is 16.3 Å². The quantitative estimate of drug-likeness (QED) is 0.640. The van der Waals surface area contributed by atoms with Gasteiger partial charge in [-0.15, -0.1) is 11.3 Å². The fourth-order valence-electron chi connectivity index (χ4n) is 2.22. The molecular formula is C18H11Cl2N3OS. The van der Waals surface area contributed by atoms with E-state index in [9.17, 15) is 10.1 Å². The van der Waals surface area contributed by atoms with E-state index >= 15 is 0 Å². The van der Waals surface area contributed by atoms with Crippen molar-refractivity contribution < 1.29 is 4.79 Å². The number of para-hydroxylation sites is 1. The first-order valence-corrected chi connectivity index (χ1v) is 8.83. The fraction of sp³-hybridized carbons (Fsp3) is 0.0556. The molecule has 4 nitrogen and oxygen atoms in total. The normalized spacial score (nSPS) is 12.2. The lowest BCUT2D eigenvalue weighted by atomic mass is 10.1. The van der Waals surface area contributed by atoms with Crippen molar-refractivity contribution >= 4 is 56.7 Å². The molecule has 1 atom stereocenters. The summed E-state index contributed by atoms with van der Waals surface area (Å²) in [5, 5.41) is 13.2. The van der Waals surface area contributed by atoms with Crippen LogP contribution in [0.2, 0.25) is 10.0 Å². The summed E-state index contributed by atoms with van der Waals surface area (Å²) >= 11 is 13.5. The van der Waals surface area contributed by atoms with Crippen LogP contribution in [-0.2, 0) is 4.79 Å². The number of nitrogens with one attached hydrogen (secondary N) is 1. The van der Waals surface area contributed by atoms with Gasteiger partial charge in [-0.05, 0) is 24.3 Å². The number of halogens is 2. The molecule has 1 aromatic heterocycles. The van der Waals surface area contributed by atoms with Gasteiger partial charge in [0.1, 0.15) is 11.0 Å². The van der Waals surface area contributed by atoms with Gasteiger partial charge < -0.3 is 5.32 Å². The summed E-state index contributed by atoms with van der Waals surface area (Å²) in [6.45, 7) is 0. The highest BCUT2D eigenvalue weighted by atomic mass is 35.5. The molecule has 0 aliphatic heterocycles. The molecule has 7 heteroatoms. The molecule has 25 heavy (non-hydrogen) atoms. The van der Waals surface area contributed by atoms with E-state index in [1.165, 1.54) is 17.4 Å². The van der Waals surface area contributed by atoms with Crippen molar-refractivity contribution in [2.75, 3.05) is 0 Å². The van der Waals surface area contributed by atoms with Gasteiger partial charge in [-0.3, -0.25) is 4.79 Å². The summed E-state index contributed by atoms with van der Waals surface area (Å²) in [6, 6.07) is 13.8. The number of aromatic nitrogens is 1. The lowest BCUT2D eigenvalue weighted by Gasteiger charge is -2.12. The first-order chi connectivity index (χ1) is 12.1. The van der Waals surface area contributed by atoms with E-state index in [0.717, 1.165) is 10.2 Å². The molecule has 1 amide bonds. The number of carbonyl (C=O) groups is 1. The lowest BCUT2D eigenvalue weighted by Crippen LogP contribution is -2.26. The number of thiazole rings is 1. The Morgan fingerprint density at radius 1 is 1.24 bits per heavy atom. The molecule has 1 unspecified atom stereocenters. The number of fused-ring (bicyclic) bond motifs is 1. The minimum absolute atomic E-state index is 0.256. The molecule has 0 spiro atoms. The average molecular weight is 388 g/mol. The molecule has 0 saturated heterocycles. The van der Waals surface area contributed by atoms with Gasteiger partial charge >= 0.3 is 0 Å². The van der Waals surface area contributed by atoms with Crippen LogP contribution in [0.5, 0.6) is 0 Å². The Morgan fingerprint density at radius 2 is 2.04 bits per heavy atom. The Hall–Kier alpha value is -2.39. The molecule has 0 bridgehead atoms. The molecule has 2 aromatic carbocycles. The molecule has 0 aliphatic rings. The highest BCUT2D eigenvalue weighted by molar-refractivity contribution is 7.19. The molecule has 0 fully saturated rings. The minimum Gasteiger partial charge on any atom is -0.333 e. The van der Waals surface area contributed by atoms with Crippen LogP contribution in [0.1, 0.15) is 16.6 Å². The second-order valence-corrected chi connectivity index (χ2v) is 6.91. The number of amides is 1. The maximum absolute atomic E-state index is 12.1. The van der Waals surface area contributed by atoms with Crippen molar-refractivity contribution in [1.29, 1.82) is 5.26 Å². The van der Waals surface area contributed by atoms with Crippen molar-refractivity contribution in [3.05, 3.63) is 69.2 Å². The van der Waals surface area contributed by atoms with E-state index in [-0.39, 0.29) is 5.02 Å². The molecule has 3 aromatic rings. The predicted octanol–water partition coefficient (Wildman–Crippen LogP) is 5.00. The molecule has 0 aliphatic carbocycles. The smallest absolute Gasteiger partial charge is 0.245 e. The zero-order chi connectivity index (χ0) is 17.8. The van der Waals surface area contributed by atoms with Crippen molar-refractivity contribution in [2.45, 2.75) is 6.04 Å². The van der Waals surface area contributed by atoms with Crippen LogP contribution >= 0.6 is 34.5 Å². The largest absolute Gasteiger partial charge is 0.333 e. The highest BCUT2D eigenvalue weighted by Crippen LogP contribution is 2.29. The number of carbonyl (C=O) groups excluding carboxylic acids is 1. The summed E-state index contributed by atoms with van der Waals surface area (Å²) in [5.41, 5.74) is 1.34. The topological polar surface area (TPSA) is 65.8 Å². The SMILES string of the molecule is N#CC(NC(=O)C=Cc1nc2ccccc2s1)c1cccc(Cl)c1Cl. The van der Waals surface area contributed by atoms with Crippen molar-refractivity contribution in [3.63, 3.8) is 0 Å². The van der Waals surface area contributed by atoms with Gasteiger partial charge in [0.05, 0.1) is 26.3 Å².